The fraction of sp³-hybridized carbons (Fsp3) is 0.300. The molecule has 0 unspecified atom stereocenters. The van der Waals surface area contributed by atoms with Crippen LogP contribution in [0.1, 0.15) is 24.5 Å². The maximum atomic E-state index is 12.0. The summed E-state index contributed by atoms with van der Waals surface area (Å²) in [5, 5.41) is 9.36. The number of thioether (sulfide) groups is 1. The first-order valence-corrected chi connectivity index (χ1v) is 10.9. The third-order valence-corrected chi connectivity index (χ3v) is 5.38. The van der Waals surface area contributed by atoms with Crippen LogP contribution in [-0.4, -0.2) is 28.5 Å². The molecule has 28 heavy (non-hydrogen) atoms. The second kappa shape index (κ2) is 10.5. The summed E-state index contributed by atoms with van der Waals surface area (Å²) in [6, 6.07) is 16.0. The summed E-state index contributed by atoms with van der Waals surface area (Å²) in [4.78, 5) is 12.0. The summed E-state index contributed by atoms with van der Waals surface area (Å²) >= 11 is 4.94. The number of hydrazone groups is 1. The van der Waals surface area contributed by atoms with E-state index in [1.54, 1.807) is 5.12 Å². The standard InChI is InChI=1S/C20H23BrN4O2S/c1-2-10-22-19(26)20-24-25(14-28-20)23-12-16-11-17(21)8-9-18(16)27-13-15-6-4-3-5-7-15/h3-9,11,23H,2,10,12-14H2,1H3,(H,22,26). The van der Waals surface area contributed by atoms with Gasteiger partial charge in [0.05, 0.1) is 0 Å². The summed E-state index contributed by atoms with van der Waals surface area (Å²) in [6.45, 7) is 3.73. The molecule has 0 saturated heterocycles. The van der Waals surface area contributed by atoms with Gasteiger partial charge in [0, 0.05) is 23.1 Å². The van der Waals surface area contributed by atoms with Gasteiger partial charge in [-0.05, 0) is 30.2 Å². The number of carbonyl (C=O) groups is 1. The molecule has 2 N–H and O–H groups in total. The summed E-state index contributed by atoms with van der Waals surface area (Å²) in [5.74, 6) is 1.28. The Balaban J connectivity index is 1.59. The molecule has 148 valence electrons. The molecule has 0 radical (unpaired) electrons. The number of rotatable bonds is 9. The molecule has 0 fully saturated rings. The first-order valence-electron chi connectivity index (χ1n) is 9.11. The van der Waals surface area contributed by atoms with E-state index in [0.717, 1.165) is 27.8 Å². The third-order valence-electron chi connectivity index (χ3n) is 3.98. The lowest BCUT2D eigenvalue weighted by Gasteiger charge is -2.17. The minimum atomic E-state index is -0.120. The molecule has 1 heterocycles. The van der Waals surface area contributed by atoms with Crippen LogP contribution in [0.15, 0.2) is 58.1 Å². The van der Waals surface area contributed by atoms with Gasteiger partial charge in [-0.1, -0.05) is 64.9 Å². The van der Waals surface area contributed by atoms with Gasteiger partial charge >= 0.3 is 0 Å². The van der Waals surface area contributed by atoms with Gasteiger partial charge < -0.3 is 10.1 Å². The first kappa shape index (κ1) is 20.7. The Bertz CT molecular complexity index is 832. The summed E-state index contributed by atoms with van der Waals surface area (Å²) < 4.78 is 6.99. The number of ether oxygens (including phenoxy) is 1. The largest absolute Gasteiger partial charge is 0.489 e. The van der Waals surface area contributed by atoms with E-state index in [1.807, 2.05) is 55.5 Å². The molecule has 6 nitrogen and oxygen atoms in total. The highest BCUT2D eigenvalue weighted by Crippen LogP contribution is 2.25. The van der Waals surface area contributed by atoms with Crippen molar-refractivity contribution in [3.63, 3.8) is 0 Å². The van der Waals surface area contributed by atoms with Crippen LogP contribution >= 0.6 is 27.7 Å². The zero-order chi connectivity index (χ0) is 19.8. The van der Waals surface area contributed by atoms with Gasteiger partial charge in [0.2, 0.25) is 0 Å². The van der Waals surface area contributed by atoms with Gasteiger partial charge in [0.25, 0.3) is 5.91 Å². The summed E-state index contributed by atoms with van der Waals surface area (Å²) in [7, 11) is 0. The lowest BCUT2D eigenvalue weighted by atomic mass is 10.2. The van der Waals surface area contributed by atoms with Crippen LogP contribution in [0.2, 0.25) is 0 Å². The van der Waals surface area contributed by atoms with Gasteiger partial charge in [-0.25, -0.2) is 10.5 Å². The van der Waals surface area contributed by atoms with Gasteiger partial charge in [-0.15, -0.1) is 5.10 Å². The van der Waals surface area contributed by atoms with Crippen molar-refractivity contribution >= 4 is 38.6 Å². The number of hydrogen-bond acceptors (Lipinski definition) is 6. The molecule has 0 bridgehead atoms. The highest BCUT2D eigenvalue weighted by atomic mass is 79.9. The lowest BCUT2D eigenvalue weighted by molar-refractivity contribution is -0.114. The number of carbonyl (C=O) groups excluding carboxylic acids is 1. The number of amides is 1. The Hall–Kier alpha value is -2.03. The molecule has 1 aliphatic heterocycles. The van der Waals surface area contributed by atoms with Crippen LogP contribution in [0.25, 0.3) is 0 Å². The molecule has 0 atom stereocenters. The van der Waals surface area contributed by atoms with Crippen LogP contribution in [-0.2, 0) is 17.9 Å². The topological polar surface area (TPSA) is 66.0 Å². The number of hydrazine groups is 1. The van der Waals surface area contributed by atoms with Crippen LogP contribution in [0.3, 0.4) is 0 Å². The molecule has 1 amide bonds. The molecular formula is C20H23BrN4O2S. The van der Waals surface area contributed by atoms with Crippen molar-refractivity contribution in [3.8, 4) is 5.75 Å². The maximum absolute atomic E-state index is 12.0. The average molecular weight is 463 g/mol. The molecule has 8 heteroatoms. The van der Waals surface area contributed by atoms with Crippen molar-refractivity contribution in [2.45, 2.75) is 26.5 Å². The Morgan fingerprint density at radius 2 is 2.11 bits per heavy atom. The highest BCUT2D eigenvalue weighted by molar-refractivity contribution is 9.10. The van der Waals surface area contributed by atoms with Crippen molar-refractivity contribution in [2.24, 2.45) is 5.10 Å². The average Bonchev–Trinajstić information content (AvgIpc) is 3.19. The minimum absolute atomic E-state index is 0.120. The Morgan fingerprint density at radius 3 is 2.89 bits per heavy atom. The fourth-order valence-corrected chi connectivity index (χ4v) is 3.70. The number of nitrogens with zero attached hydrogens (tertiary/aromatic N) is 2. The zero-order valence-electron chi connectivity index (χ0n) is 15.7. The SMILES string of the molecule is CCCNC(=O)C1=NN(NCc2cc(Br)ccc2OCc2ccccc2)CS1. The van der Waals surface area contributed by atoms with E-state index in [9.17, 15) is 4.79 Å². The predicted octanol–water partition coefficient (Wildman–Crippen LogP) is 3.88. The van der Waals surface area contributed by atoms with Crippen molar-refractivity contribution < 1.29 is 9.53 Å². The number of nitrogens with one attached hydrogen (secondary N) is 2. The Morgan fingerprint density at radius 1 is 1.29 bits per heavy atom. The monoisotopic (exact) mass is 462 g/mol. The van der Waals surface area contributed by atoms with Crippen molar-refractivity contribution in [3.05, 3.63) is 64.1 Å². The fourth-order valence-electron chi connectivity index (χ4n) is 2.53. The van der Waals surface area contributed by atoms with Gasteiger partial charge in [-0.3, -0.25) is 4.79 Å². The molecule has 0 saturated carbocycles. The molecule has 0 aliphatic carbocycles. The van der Waals surface area contributed by atoms with E-state index < -0.39 is 0 Å². The van der Waals surface area contributed by atoms with Crippen LogP contribution in [0.4, 0.5) is 0 Å². The Kier molecular flexibility index (Phi) is 7.76. The van der Waals surface area contributed by atoms with Gasteiger partial charge in [0.1, 0.15) is 18.2 Å². The lowest BCUT2D eigenvalue weighted by Crippen LogP contribution is -2.31. The summed E-state index contributed by atoms with van der Waals surface area (Å²) in [5.41, 5.74) is 5.38. The molecule has 1 aliphatic rings. The number of halogens is 1. The van der Waals surface area contributed by atoms with E-state index in [2.05, 4.69) is 31.8 Å². The molecule has 2 aromatic rings. The van der Waals surface area contributed by atoms with E-state index in [4.69, 9.17) is 4.74 Å². The van der Waals surface area contributed by atoms with E-state index in [1.165, 1.54) is 11.8 Å². The quantitative estimate of drug-likeness (QED) is 0.591. The van der Waals surface area contributed by atoms with E-state index >= 15 is 0 Å². The van der Waals surface area contributed by atoms with Gasteiger partial charge in [0.15, 0.2) is 5.04 Å². The van der Waals surface area contributed by atoms with Crippen LogP contribution < -0.4 is 15.5 Å². The van der Waals surface area contributed by atoms with Crippen molar-refractivity contribution in [1.82, 2.24) is 15.9 Å². The normalized spacial score (nSPS) is 13.4. The van der Waals surface area contributed by atoms with Gasteiger partial charge in [-0.2, -0.15) is 0 Å². The predicted molar refractivity (Wildman–Crippen MR) is 117 cm³/mol. The van der Waals surface area contributed by atoms with Crippen LogP contribution in [0, 0.1) is 0 Å². The van der Waals surface area contributed by atoms with E-state index in [0.29, 0.717) is 30.6 Å². The highest BCUT2D eigenvalue weighted by Gasteiger charge is 2.21. The Labute approximate surface area is 177 Å². The van der Waals surface area contributed by atoms with Crippen molar-refractivity contribution in [1.29, 1.82) is 0 Å². The number of hydrogen-bond donors (Lipinski definition) is 2. The second-order valence-electron chi connectivity index (χ2n) is 6.20. The molecule has 0 spiro atoms. The molecular weight excluding hydrogens is 440 g/mol. The van der Waals surface area contributed by atoms with Crippen molar-refractivity contribution in [2.75, 3.05) is 12.4 Å². The zero-order valence-corrected chi connectivity index (χ0v) is 18.1. The summed E-state index contributed by atoms with van der Waals surface area (Å²) in [6.07, 6.45) is 0.903. The molecule has 3 rings (SSSR count). The maximum Gasteiger partial charge on any atom is 0.278 e. The van der Waals surface area contributed by atoms with E-state index in [-0.39, 0.29) is 5.91 Å². The third kappa shape index (κ3) is 5.98. The smallest absolute Gasteiger partial charge is 0.278 e. The van der Waals surface area contributed by atoms with Crippen LogP contribution in [0.5, 0.6) is 5.75 Å². The first-order chi connectivity index (χ1) is 13.7. The molecule has 2 aromatic carbocycles. The molecule has 0 aromatic heterocycles. The minimum Gasteiger partial charge on any atom is -0.489 e. The number of benzene rings is 2. The second-order valence-corrected chi connectivity index (χ2v) is 8.04.